The number of carbonyl (C=O) groups excluding carboxylic acids is 5. The molecule has 0 aromatic carbocycles. The Hall–Kier alpha value is -2.72. The van der Waals surface area contributed by atoms with Crippen molar-refractivity contribution in [3.05, 3.63) is 0 Å². The second-order valence-corrected chi connectivity index (χ2v) is 15.7. The van der Waals surface area contributed by atoms with Crippen molar-refractivity contribution >= 4 is 47.1 Å². The van der Waals surface area contributed by atoms with Crippen molar-refractivity contribution in [2.45, 2.75) is 147 Å². The standard InChI is InChI=1S/C39H71N7O7S/c1-5-14-32(37(49)45-34(29-17-11-6-7-12-18-29)38(50)44-31(22-41)35(42)47)46(4)39(51)27(3)33(21-28-15-9-8-10-16-28)53-23-26(2)43-36(48)30(25-54)24-52-20-13-19-40/h25-34H,5-24,40-41H2,1-4H3,(H2,42,47)(H,43,48)(H,44,50)(H,45,49)/t26-,27-,30-,31-,32+,33-,34+/m1/s1. The Morgan fingerprint density at radius 3 is 2.07 bits per heavy atom. The Balaban J connectivity index is 2.22. The van der Waals surface area contributed by atoms with Crippen LogP contribution in [0.25, 0.3) is 0 Å². The summed E-state index contributed by atoms with van der Waals surface area (Å²) in [6.45, 7) is 6.80. The molecular weight excluding hydrogens is 711 g/mol. The molecule has 0 spiro atoms. The summed E-state index contributed by atoms with van der Waals surface area (Å²) in [7, 11) is 1.64. The molecule has 0 aromatic rings. The highest BCUT2D eigenvalue weighted by molar-refractivity contribution is 7.79. The van der Waals surface area contributed by atoms with E-state index >= 15 is 0 Å². The molecule has 0 bridgehead atoms. The molecule has 0 unspecified atom stereocenters. The zero-order valence-corrected chi connectivity index (χ0v) is 34.2. The van der Waals surface area contributed by atoms with Crippen LogP contribution in [0, 0.1) is 23.7 Å². The molecule has 0 heterocycles. The van der Waals surface area contributed by atoms with E-state index in [-0.39, 0.29) is 43.5 Å². The lowest BCUT2D eigenvalue weighted by Gasteiger charge is -2.36. The first-order valence-electron chi connectivity index (χ1n) is 20.4. The van der Waals surface area contributed by atoms with Gasteiger partial charge in [-0.2, -0.15) is 0 Å². The van der Waals surface area contributed by atoms with Crippen molar-refractivity contribution in [3.8, 4) is 0 Å². The highest BCUT2D eigenvalue weighted by atomic mass is 32.1. The quantitative estimate of drug-likeness (QED) is 0.0451. The van der Waals surface area contributed by atoms with Gasteiger partial charge in [0.25, 0.3) is 0 Å². The molecule has 0 radical (unpaired) electrons. The fraction of sp³-hybridized carbons (Fsp3) is 0.846. The minimum atomic E-state index is -1.06. The average Bonchev–Trinajstić information content (AvgIpc) is 3.45. The van der Waals surface area contributed by atoms with Crippen LogP contribution in [0.1, 0.15) is 117 Å². The number of hydrogen-bond donors (Lipinski definition) is 6. The smallest absolute Gasteiger partial charge is 0.243 e. The maximum atomic E-state index is 14.3. The van der Waals surface area contributed by atoms with Crippen LogP contribution in [0.2, 0.25) is 0 Å². The molecule has 2 aliphatic carbocycles. The molecule has 0 saturated heterocycles. The summed E-state index contributed by atoms with van der Waals surface area (Å²) in [6.07, 6.45) is 13.0. The van der Waals surface area contributed by atoms with Gasteiger partial charge in [-0.15, -0.1) is 0 Å². The Bertz CT molecular complexity index is 1170. The number of nitrogens with two attached hydrogens (primary N) is 3. The third-order valence-corrected chi connectivity index (χ3v) is 11.3. The summed E-state index contributed by atoms with van der Waals surface area (Å²) < 4.78 is 12.0. The van der Waals surface area contributed by atoms with E-state index < -0.39 is 53.8 Å². The van der Waals surface area contributed by atoms with Gasteiger partial charge in [-0.1, -0.05) is 90.3 Å². The monoisotopic (exact) mass is 782 g/mol. The van der Waals surface area contributed by atoms with Gasteiger partial charge < -0.3 is 47.5 Å². The van der Waals surface area contributed by atoms with Gasteiger partial charge in [-0.25, -0.2) is 0 Å². The first-order chi connectivity index (χ1) is 25.9. The van der Waals surface area contributed by atoms with Gasteiger partial charge in [0.15, 0.2) is 0 Å². The number of hydrogen-bond acceptors (Lipinski definition) is 10. The van der Waals surface area contributed by atoms with Crippen LogP contribution in [-0.4, -0.2) is 110 Å². The van der Waals surface area contributed by atoms with E-state index in [0.717, 1.165) is 64.2 Å². The van der Waals surface area contributed by atoms with Crippen LogP contribution >= 0.6 is 12.2 Å². The summed E-state index contributed by atoms with van der Waals surface area (Å²) in [5, 5.41) is 10.0. The number of likely N-dealkylation sites (N-methyl/N-ethyl adjacent to an activating group) is 1. The van der Waals surface area contributed by atoms with Gasteiger partial charge in [0, 0.05) is 26.2 Å². The predicted molar refractivity (Wildman–Crippen MR) is 214 cm³/mol. The molecule has 14 nitrogen and oxygen atoms in total. The first kappa shape index (κ1) is 47.4. The lowest BCUT2D eigenvalue weighted by atomic mass is 9.82. The molecule has 2 aliphatic rings. The maximum Gasteiger partial charge on any atom is 0.243 e. The molecule has 2 rings (SSSR count). The average molecular weight is 782 g/mol. The zero-order chi connectivity index (χ0) is 40.0. The third-order valence-electron chi connectivity index (χ3n) is 11.0. The van der Waals surface area contributed by atoms with Crippen LogP contribution in [0.5, 0.6) is 0 Å². The Kier molecular flexibility index (Phi) is 23.0. The normalized spacial score (nSPS) is 19.5. The van der Waals surface area contributed by atoms with E-state index in [9.17, 15) is 24.0 Å². The van der Waals surface area contributed by atoms with Crippen LogP contribution in [0.4, 0.5) is 0 Å². The molecule has 9 N–H and O–H groups in total. The molecule has 0 aliphatic heterocycles. The largest absolute Gasteiger partial charge is 0.380 e. The summed E-state index contributed by atoms with van der Waals surface area (Å²) in [5.41, 5.74) is 16.7. The maximum absolute atomic E-state index is 14.3. The minimum Gasteiger partial charge on any atom is -0.380 e. The Morgan fingerprint density at radius 2 is 1.50 bits per heavy atom. The van der Waals surface area contributed by atoms with E-state index in [4.69, 9.17) is 38.9 Å². The number of nitrogens with one attached hydrogen (secondary N) is 3. The fourth-order valence-electron chi connectivity index (χ4n) is 7.61. The summed E-state index contributed by atoms with van der Waals surface area (Å²) in [5.74, 6) is -3.05. The molecule has 15 heteroatoms. The van der Waals surface area contributed by atoms with Gasteiger partial charge in [0.1, 0.15) is 18.1 Å². The molecule has 2 fully saturated rings. The van der Waals surface area contributed by atoms with Crippen LogP contribution in [0.3, 0.4) is 0 Å². The molecule has 5 amide bonds. The topological polar surface area (TPSA) is 221 Å². The third kappa shape index (κ3) is 16.2. The van der Waals surface area contributed by atoms with Gasteiger partial charge in [0.05, 0.1) is 31.2 Å². The second-order valence-electron chi connectivity index (χ2n) is 15.5. The van der Waals surface area contributed by atoms with Crippen molar-refractivity contribution in [3.63, 3.8) is 0 Å². The SMILES string of the molecule is CCC[C@@H](C(=O)N[C@H](C(=O)N[C@H](CN)C(N)=O)C1CCCCCC1)N(C)C(=O)[C@H](C)[C@@H](CC1CCCCC1)OC[C@@H](C)NC(=O)[C@@H](C=S)COCCCN. The number of thiocarbonyl (C=S) groups is 1. The number of ether oxygens (including phenoxy) is 2. The summed E-state index contributed by atoms with van der Waals surface area (Å²) in [6, 6.07) is -3.15. The number of primary amides is 1. The van der Waals surface area contributed by atoms with E-state index in [2.05, 4.69) is 16.0 Å². The molecule has 54 heavy (non-hydrogen) atoms. The lowest BCUT2D eigenvalue weighted by molar-refractivity contribution is -0.147. The lowest BCUT2D eigenvalue weighted by Crippen LogP contribution is -2.60. The van der Waals surface area contributed by atoms with Crippen molar-refractivity contribution in [1.29, 1.82) is 0 Å². The van der Waals surface area contributed by atoms with E-state index in [0.29, 0.717) is 44.8 Å². The van der Waals surface area contributed by atoms with Gasteiger partial charge in [-0.3, -0.25) is 24.0 Å². The van der Waals surface area contributed by atoms with Crippen LogP contribution in [0.15, 0.2) is 0 Å². The van der Waals surface area contributed by atoms with Crippen molar-refractivity contribution in [2.75, 3.05) is 40.0 Å². The fourth-order valence-corrected chi connectivity index (χ4v) is 7.81. The van der Waals surface area contributed by atoms with Gasteiger partial charge in [-0.05, 0) is 62.8 Å². The van der Waals surface area contributed by atoms with Crippen molar-refractivity contribution < 1.29 is 33.4 Å². The van der Waals surface area contributed by atoms with Crippen molar-refractivity contribution in [1.82, 2.24) is 20.9 Å². The summed E-state index contributed by atoms with van der Waals surface area (Å²) >= 11 is 5.09. The second kappa shape index (κ2) is 26.2. The summed E-state index contributed by atoms with van der Waals surface area (Å²) in [4.78, 5) is 68.4. The van der Waals surface area contributed by atoms with E-state index in [1.54, 1.807) is 7.05 Å². The van der Waals surface area contributed by atoms with E-state index in [1.807, 2.05) is 20.8 Å². The van der Waals surface area contributed by atoms with Crippen LogP contribution in [-0.2, 0) is 33.4 Å². The molecular formula is C39H71N7O7S. The Morgan fingerprint density at radius 1 is 0.870 bits per heavy atom. The first-order valence-corrected chi connectivity index (χ1v) is 20.9. The molecule has 0 aromatic heterocycles. The highest BCUT2D eigenvalue weighted by Crippen LogP contribution is 2.31. The predicted octanol–water partition coefficient (Wildman–Crippen LogP) is 2.48. The highest BCUT2D eigenvalue weighted by Gasteiger charge is 2.38. The zero-order valence-electron chi connectivity index (χ0n) is 33.4. The Labute approximate surface area is 328 Å². The number of nitrogens with zero attached hydrogens (tertiary/aromatic N) is 1. The minimum absolute atomic E-state index is 0.135. The number of amides is 5. The van der Waals surface area contributed by atoms with Gasteiger partial charge >= 0.3 is 0 Å². The molecule has 310 valence electrons. The molecule has 2 saturated carbocycles. The van der Waals surface area contributed by atoms with Crippen molar-refractivity contribution in [2.24, 2.45) is 40.9 Å². The van der Waals surface area contributed by atoms with Crippen LogP contribution < -0.4 is 33.2 Å². The number of carbonyl (C=O) groups is 5. The van der Waals surface area contributed by atoms with E-state index in [1.165, 1.54) is 16.7 Å². The van der Waals surface area contributed by atoms with Gasteiger partial charge in [0.2, 0.25) is 29.5 Å². The molecule has 7 atom stereocenters. The number of rotatable bonds is 25.